The summed E-state index contributed by atoms with van der Waals surface area (Å²) in [5, 5.41) is 8.70. The maximum atomic E-state index is 14.2. The lowest BCUT2D eigenvalue weighted by Gasteiger charge is -2.36. The van der Waals surface area contributed by atoms with E-state index >= 15 is 0 Å². The monoisotopic (exact) mass is 414 g/mol. The van der Waals surface area contributed by atoms with Crippen molar-refractivity contribution in [3.63, 3.8) is 0 Å². The van der Waals surface area contributed by atoms with Crippen molar-refractivity contribution in [2.75, 3.05) is 14.1 Å². The van der Waals surface area contributed by atoms with Gasteiger partial charge in [0.25, 0.3) is 0 Å². The van der Waals surface area contributed by atoms with E-state index in [4.69, 9.17) is 0 Å². The number of benzene rings is 1. The molecular formula is C19H25F3N4O3. The average molecular weight is 414 g/mol. The summed E-state index contributed by atoms with van der Waals surface area (Å²) in [6.07, 6.45) is 1.15. The number of ether oxygens (including phenoxy) is 1. The molecule has 0 aromatic heterocycles. The Bertz CT molecular complexity index is 786. The summed E-state index contributed by atoms with van der Waals surface area (Å²) in [7, 11) is 3.52. The molecule has 7 nitrogen and oxygen atoms in total. The predicted molar refractivity (Wildman–Crippen MR) is 98.4 cm³/mol. The minimum absolute atomic E-state index is 0.0187. The molecule has 3 rings (SSSR count). The quantitative estimate of drug-likeness (QED) is 0.633. The van der Waals surface area contributed by atoms with Crippen LogP contribution in [-0.2, 0) is 9.59 Å². The van der Waals surface area contributed by atoms with Crippen LogP contribution in [0.4, 0.5) is 13.2 Å². The van der Waals surface area contributed by atoms with Crippen molar-refractivity contribution in [1.82, 2.24) is 20.9 Å². The third-order valence-corrected chi connectivity index (χ3v) is 5.41. The highest BCUT2D eigenvalue weighted by Gasteiger charge is 2.47. The number of rotatable bonds is 7. The SMILES string of the molecule is CN(C)C1NC(=O)CC(C(=O)N[C@@H](c2ccc(OC(F)F)c(F)c2)C2(C)CC2)N1. The first-order valence-corrected chi connectivity index (χ1v) is 9.35. The van der Waals surface area contributed by atoms with Gasteiger partial charge in [0, 0.05) is 0 Å². The summed E-state index contributed by atoms with van der Waals surface area (Å²) in [5.41, 5.74) is 0.187. The van der Waals surface area contributed by atoms with Gasteiger partial charge in [-0.25, -0.2) is 4.39 Å². The van der Waals surface area contributed by atoms with Crippen molar-refractivity contribution in [3.05, 3.63) is 29.6 Å². The van der Waals surface area contributed by atoms with Crippen molar-refractivity contribution in [1.29, 1.82) is 0 Å². The molecule has 0 bridgehead atoms. The van der Waals surface area contributed by atoms with Crippen molar-refractivity contribution in [2.24, 2.45) is 5.41 Å². The molecule has 1 heterocycles. The van der Waals surface area contributed by atoms with Gasteiger partial charge in [0.2, 0.25) is 11.8 Å². The van der Waals surface area contributed by atoms with Gasteiger partial charge in [0.15, 0.2) is 11.6 Å². The summed E-state index contributed by atoms with van der Waals surface area (Å²) in [4.78, 5) is 26.6. The minimum atomic E-state index is -3.13. The Morgan fingerprint density at radius 2 is 2.03 bits per heavy atom. The summed E-state index contributed by atoms with van der Waals surface area (Å²) < 4.78 is 43.1. The Morgan fingerprint density at radius 1 is 1.34 bits per heavy atom. The Balaban J connectivity index is 1.77. The first kappa shape index (κ1) is 21.4. The number of nitrogens with zero attached hydrogens (tertiary/aromatic N) is 1. The maximum absolute atomic E-state index is 14.2. The highest BCUT2D eigenvalue weighted by Crippen LogP contribution is 2.54. The highest BCUT2D eigenvalue weighted by atomic mass is 19.3. The molecule has 1 aliphatic carbocycles. The van der Waals surface area contributed by atoms with E-state index in [2.05, 4.69) is 20.7 Å². The second-order valence-corrected chi connectivity index (χ2v) is 8.02. The molecule has 2 fully saturated rings. The molecule has 1 saturated carbocycles. The smallest absolute Gasteiger partial charge is 0.387 e. The van der Waals surface area contributed by atoms with E-state index in [1.807, 2.05) is 6.92 Å². The molecule has 2 aliphatic rings. The van der Waals surface area contributed by atoms with Gasteiger partial charge in [0.1, 0.15) is 6.29 Å². The average Bonchev–Trinajstić information content (AvgIpc) is 3.38. The van der Waals surface area contributed by atoms with Crippen LogP contribution in [0, 0.1) is 11.2 Å². The van der Waals surface area contributed by atoms with E-state index in [0.717, 1.165) is 25.0 Å². The molecule has 3 atom stereocenters. The Kier molecular flexibility index (Phi) is 6.04. The number of hydrogen-bond donors (Lipinski definition) is 3. The fourth-order valence-corrected chi connectivity index (χ4v) is 3.41. The summed E-state index contributed by atoms with van der Waals surface area (Å²) in [5.74, 6) is -2.10. The molecule has 1 aliphatic heterocycles. The molecule has 1 aromatic rings. The molecule has 0 radical (unpaired) electrons. The zero-order chi connectivity index (χ0) is 21.3. The third kappa shape index (κ3) is 4.99. The van der Waals surface area contributed by atoms with Crippen molar-refractivity contribution >= 4 is 11.8 Å². The van der Waals surface area contributed by atoms with Crippen LogP contribution in [0.25, 0.3) is 0 Å². The van der Waals surface area contributed by atoms with Crippen LogP contribution >= 0.6 is 0 Å². The van der Waals surface area contributed by atoms with E-state index in [-0.39, 0.29) is 23.7 Å². The molecule has 160 valence electrons. The molecule has 1 aromatic carbocycles. The Labute approximate surface area is 167 Å². The Hall–Kier alpha value is -2.33. The van der Waals surface area contributed by atoms with Crippen molar-refractivity contribution in [2.45, 2.75) is 51.2 Å². The minimum Gasteiger partial charge on any atom is -0.432 e. The number of alkyl halides is 2. The zero-order valence-corrected chi connectivity index (χ0v) is 16.5. The van der Waals surface area contributed by atoms with Crippen LogP contribution < -0.4 is 20.7 Å². The summed E-state index contributed by atoms with van der Waals surface area (Å²) in [6, 6.07) is 2.45. The number of carbonyl (C=O) groups excluding carboxylic acids is 2. The highest BCUT2D eigenvalue weighted by molar-refractivity contribution is 5.89. The van der Waals surface area contributed by atoms with Crippen LogP contribution in [-0.4, -0.2) is 49.8 Å². The first-order chi connectivity index (χ1) is 13.6. The summed E-state index contributed by atoms with van der Waals surface area (Å²) >= 11 is 0. The van der Waals surface area contributed by atoms with Crippen LogP contribution in [0.15, 0.2) is 18.2 Å². The number of amides is 2. The largest absolute Gasteiger partial charge is 0.432 e. The standard InChI is InChI=1S/C19H25F3N4O3/c1-19(6-7-19)15(10-4-5-13(11(20)8-10)29-17(21)22)25-16(28)12-9-14(27)24-18(23-12)26(2)3/h4-5,8,12,15,17-18,23H,6-7,9H2,1-3H3,(H,24,27)(H,25,28)/t12?,15-,18?/m0/s1. The van der Waals surface area contributed by atoms with Gasteiger partial charge in [-0.05, 0) is 50.0 Å². The second-order valence-electron chi connectivity index (χ2n) is 8.02. The molecule has 2 amide bonds. The van der Waals surface area contributed by atoms with Crippen LogP contribution in [0.2, 0.25) is 0 Å². The van der Waals surface area contributed by atoms with Gasteiger partial charge >= 0.3 is 6.61 Å². The molecule has 10 heteroatoms. The first-order valence-electron chi connectivity index (χ1n) is 9.35. The number of hydrogen-bond acceptors (Lipinski definition) is 5. The van der Waals surface area contributed by atoms with Crippen LogP contribution in [0.1, 0.15) is 37.8 Å². The van der Waals surface area contributed by atoms with E-state index in [9.17, 15) is 22.8 Å². The Morgan fingerprint density at radius 3 is 2.59 bits per heavy atom. The molecular weight excluding hydrogens is 389 g/mol. The molecule has 1 saturated heterocycles. The fourth-order valence-electron chi connectivity index (χ4n) is 3.41. The predicted octanol–water partition coefficient (Wildman–Crippen LogP) is 1.71. The van der Waals surface area contributed by atoms with Gasteiger partial charge in [-0.15, -0.1) is 0 Å². The van der Waals surface area contributed by atoms with Crippen LogP contribution in [0.5, 0.6) is 5.75 Å². The lowest BCUT2D eigenvalue weighted by molar-refractivity contribution is -0.134. The van der Waals surface area contributed by atoms with Crippen molar-refractivity contribution in [3.8, 4) is 5.75 Å². The lowest BCUT2D eigenvalue weighted by Crippen LogP contribution is -2.65. The molecule has 29 heavy (non-hydrogen) atoms. The number of nitrogens with one attached hydrogen (secondary N) is 3. The normalized spacial score (nSPS) is 24.2. The second kappa shape index (κ2) is 8.19. The van der Waals surface area contributed by atoms with Gasteiger partial charge in [-0.3, -0.25) is 19.8 Å². The van der Waals surface area contributed by atoms with Gasteiger partial charge in [-0.1, -0.05) is 13.0 Å². The third-order valence-electron chi connectivity index (χ3n) is 5.41. The molecule has 2 unspecified atom stereocenters. The molecule has 3 N–H and O–H groups in total. The molecule has 0 spiro atoms. The van der Waals surface area contributed by atoms with Gasteiger partial charge < -0.3 is 15.4 Å². The number of carbonyl (C=O) groups is 2. The lowest BCUT2D eigenvalue weighted by atomic mass is 9.91. The summed E-state index contributed by atoms with van der Waals surface area (Å²) in [6.45, 7) is -1.16. The zero-order valence-electron chi connectivity index (χ0n) is 16.5. The van der Waals surface area contributed by atoms with Crippen LogP contribution in [0.3, 0.4) is 0 Å². The van der Waals surface area contributed by atoms with Gasteiger partial charge in [-0.2, -0.15) is 8.78 Å². The van der Waals surface area contributed by atoms with Gasteiger partial charge in [0.05, 0.1) is 18.5 Å². The number of halogens is 3. The van der Waals surface area contributed by atoms with E-state index in [1.54, 1.807) is 19.0 Å². The van der Waals surface area contributed by atoms with E-state index in [0.29, 0.717) is 5.56 Å². The fraction of sp³-hybridized carbons (Fsp3) is 0.579. The maximum Gasteiger partial charge on any atom is 0.387 e. The van der Waals surface area contributed by atoms with E-state index < -0.39 is 36.6 Å². The topological polar surface area (TPSA) is 82.7 Å². The van der Waals surface area contributed by atoms with Crippen molar-refractivity contribution < 1.29 is 27.5 Å². The van der Waals surface area contributed by atoms with E-state index in [1.165, 1.54) is 6.07 Å².